The van der Waals surface area contributed by atoms with Crippen molar-refractivity contribution in [2.24, 2.45) is 0 Å². The summed E-state index contributed by atoms with van der Waals surface area (Å²) < 4.78 is 27.5. The van der Waals surface area contributed by atoms with Crippen LogP contribution >= 0.6 is 0 Å². The maximum atomic E-state index is 14.2. The summed E-state index contributed by atoms with van der Waals surface area (Å²) in [5, 5.41) is 10.4. The summed E-state index contributed by atoms with van der Waals surface area (Å²) in [5.74, 6) is 0.324. The summed E-state index contributed by atoms with van der Waals surface area (Å²) in [6.07, 6.45) is 0.289. The highest BCUT2D eigenvalue weighted by Crippen LogP contribution is 2.25. The van der Waals surface area contributed by atoms with Crippen molar-refractivity contribution in [3.05, 3.63) is 23.8 Å². The fourth-order valence-electron chi connectivity index (χ4n) is 3.00. The van der Waals surface area contributed by atoms with Gasteiger partial charge in [0.25, 0.3) is 0 Å². The molecule has 0 unspecified atom stereocenters. The monoisotopic (exact) mass is 448 g/mol. The van der Waals surface area contributed by atoms with E-state index in [1.807, 2.05) is 32.3 Å². The molecule has 2 rings (SSSR count). The van der Waals surface area contributed by atoms with Crippen molar-refractivity contribution in [1.82, 2.24) is 14.5 Å². The van der Waals surface area contributed by atoms with E-state index in [0.29, 0.717) is 30.5 Å². The Balaban J connectivity index is 2.21. The molecule has 0 saturated heterocycles. The molecule has 0 bridgehead atoms. The van der Waals surface area contributed by atoms with Gasteiger partial charge in [-0.15, -0.1) is 0 Å². The largest absolute Gasteiger partial charge is 0.444 e. The van der Waals surface area contributed by atoms with Crippen LogP contribution < -0.4 is 5.46 Å². The van der Waals surface area contributed by atoms with E-state index in [-0.39, 0.29) is 6.09 Å². The van der Waals surface area contributed by atoms with E-state index in [2.05, 4.69) is 4.98 Å². The first-order chi connectivity index (χ1) is 14.5. The van der Waals surface area contributed by atoms with Crippen molar-refractivity contribution >= 4 is 30.1 Å². The third kappa shape index (κ3) is 6.45. The Morgan fingerprint density at radius 3 is 2.41 bits per heavy atom. The number of ether oxygens (including phenoxy) is 1. The number of hydrogen-bond acceptors (Lipinski definition) is 5. The summed E-state index contributed by atoms with van der Waals surface area (Å²) in [4.78, 5) is 18.2. The van der Waals surface area contributed by atoms with Gasteiger partial charge in [-0.05, 0) is 73.3 Å². The molecule has 0 saturated carbocycles. The molecule has 32 heavy (non-hydrogen) atoms. The normalized spacial score (nSPS) is 12.8. The maximum Gasteiger partial charge on any atom is 0.410 e. The van der Waals surface area contributed by atoms with Crippen molar-refractivity contribution < 1.29 is 23.7 Å². The number of carbonyl (C=O) groups excluding carboxylic acids is 1. The lowest BCUT2D eigenvalue weighted by Crippen LogP contribution is -2.49. The fraction of sp³-hybridized carbons (Fsp3) is 0.652. The van der Waals surface area contributed by atoms with Gasteiger partial charge in [-0.25, -0.2) is 14.2 Å². The number of amides is 1. The molecule has 0 aliphatic rings. The first kappa shape index (κ1) is 26.1. The number of fused-ring (bicyclic) bond motifs is 1. The molecule has 0 spiro atoms. The van der Waals surface area contributed by atoms with Gasteiger partial charge in [0.15, 0.2) is 0 Å². The van der Waals surface area contributed by atoms with E-state index in [9.17, 15) is 14.3 Å². The zero-order chi connectivity index (χ0) is 24.5. The van der Waals surface area contributed by atoms with Crippen LogP contribution in [0.3, 0.4) is 0 Å². The molecule has 1 amide bonds. The van der Waals surface area contributed by atoms with E-state index < -0.39 is 22.6 Å². The van der Waals surface area contributed by atoms with E-state index in [1.54, 1.807) is 39.6 Å². The lowest BCUT2D eigenvalue weighted by atomic mass is 9.82. The Kier molecular flexibility index (Phi) is 7.67. The van der Waals surface area contributed by atoms with E-state index in [4.69, 9.17) is 9.39 Å². The molecule has 0 fully saturated rings. The number of benzene rings is 1. The van der Waals surface area contributed by atoms with Crippen molar-refractivity contribution in [2.45, 2.75) is 85.2 Å². The van der Waals surface area contributed by atoms with Gasteiger partial charge in [0.1, 0.15) is 17.2 Å². The second kappa shape index (κ2) is 9.39. The average molecular weight is 448 g/mol. The van der Waals surface area contributed by atoms with Crippen LogP contribution in [-0.2, 0) is 15.9 Å². The van der Waals surface area contributed by atoms with E-state index >= 15 is 0 Å². The van der Waals surface area contributed by atoms with Crippen LogP contribution in [0.2, 0.25) is 0 Å². The number of halogens is 1. The molecular weight excluding hydrogens is 412 g/mol. The molecule has 7 nitrogen and oxygen atoms in total. The fourth-order valence-corrected chi connectivity index (χ4v) is 3.00. The van der Waals surface area contributed by atoms with Gasteiger partial charge < -0.3 is 24.0 Å². The number of nitrogens with zero attached hydrogens (tertiary/aromatic N) is 3. The van der Waals surface area contributed by atoms with Crippen LogP contribution in [0.1, 0.15) is 60.7 Å². The van der Waals surface area contributed by atoms with Crippen molar-refractivity contribution in [1.29, 1.82) is 0 Å². The maximum absolute atomic E-state index is 14.2. The highest BCUT2D eigenvalue weighted by atomic mass is 19.1. The minimum Gasteiger partial charge on any atom is -0.444 e. The predicted octanol–water partition coefficient (Wildman–Crippen LogP) is 3.55. The van der Waals surface area contributed by atoms with Crippen LogP contribution in [0.4, 0.5) is 9.18 Å². The number of hydrogen-bond donors (Lipinski definition) is 1. The SMILES string of the molecule is Cc1nc2cc(F)cc([B]OC(C)(C)C(C)(C)O)c2n1CCCN(C)C(=O)OC(C)(C)C. The first-order valence-corrected chi connectivity index (χ1v) is 10.9. The first-order valence-electron chi connectivity index (χ1n) is 10.9. The molecule has 1 aromatic carbocycles. The van der Waals surface area contributed by atoms with Gasteiger partial charge in [0.05, 0.1) is 22.2 Å². The molecule has 1 aromatic heterocycles. The van der Waals surface area contributed by atoms with Gasteiger partial charge >= 0.3 is 13.6 Å². The zero-order valence-corrected chi connectivity index (χ0v) is 20.7. The van der Waals surface area contributed by atoms with Crippen molar-refractivity contribution in [3.8, 4) is 0 Å². The van der Waals surface area contributed by atoms with Crippen molar-refractivity contribution in [3.63, 3.8) is 0 Å². The molecule has 1 radical (unpaired) electrons. The van der Waals surface area contributed by atoms with Gasteiger partial charge in [-0.2, -0.15) is 0 Å². The third-order valence-corrected chi connectivity index (χ3v) is 5.56. The topological polar surface area (TPSA) is 76.8 Å². The molecular formula is C23H36BFN3O4. The Hall–Kier alpha value is -2.13. The number of aryl methyl sites for hydroxylation is 2. The summed E-state index contributed by atoms with van der Waals surface area (Å²) >= 11 is 0. The number of carbonyl (C=O) groups is 1. The molecule has 1 heterocycles. The van der Waals surface area contributed by atoms with Crippen LogP contribution in [0.25, 0.3) is 11.0 Å². The summed E-state index contributed by atoms with van der Waals surface area (Å²) in [7, 11) is 3.18. The predicted molar refractivity (Wildman–Crippen MR) is 125 cm³/mol. The van der Waals surface area contributed by atoms with Gasteiger partial charge in [-0.1, -0.05) is 0 Å². The Morgan fingerprint density at radius 1 is 1.22 bits per heavy atom. The standard InChI is InChI=1S/C23H36BFN3O4/c1-15-26-18-14-16(25)13-17(24-32-23(7,8)22(5,6)30)19(18)28(15)12-10-11-27(9)20(29)31-21(2,3)4/h13-14,30H,10-12H2,1-9H3. The second-order valence-corrected chi connectivity index (χ2v) is 10.2. The number of aromatic nitrogens is 2. The number of aliphatic hydroxyl groups is 1. The Labute approximate surface area is 191 Å². The third-order valence-electron chi connectivity index (χ3n) is 5.56. The second-order valence-electron chi connectivity index (χ2n) is 10.2. The molecule has 0 aliphatic heterocycles. The minimum atomic E-state index is -1.10. The van der Waals surface area contributed by atoms with Gasteiger partial charge in [0, 0.05) is 26.2 Å². The minimum absolute atomic E-state index is 0.372. The average Bonchev–Trinajstić information content (AvgIpc) is 2.92. The van der Waals surface area contributed by atoms with Crippen LogP contribution in [-0.4, -0.2) is 63.5 Å². The van der Waals surface area contributed by atoms with Crippen LogP contribution in [0, 0.1) is 12.7 Å². The van der Waals surface area contributed by atoms with E-state index in [1.165, 1.54) is 19.6 Å². The van der Waals surface area contributed by atoms with Gasteiger partial charge in [-0.3, -0.25) is 0 Å². The molecule has 2 aromatic rings. The Bertz CT molecular complexity index is 961. The van der Waals surface area contributed by atoms with Crippen LogP contribution in [0.15, 0.2) is 12.1 Å². The summed E-state index contributed by atoms with van der Waals surface area (Å²) in [5.41, 5.74) is -0.721. The quantitative estimate of drug-likeness (QED) is 0.625. The molecule has 0 atom stereocenters. The highest BCUT2D eigenvalue weighted by molar-refractivity contribution is 6.51. The smallest absolute Gasteiger partial charge is 0.410 e. The van der Waals surface area contributed by atoms with E-state index in [0.717, 1.165) is 11.3 Å². The zero-order valence-electron chi connectivity index (χ0n) is 20.7. The summed E-state index contributed by atoms with van der Waals surface area (Å²) in [6.45, 7) is 15.3. The van der Waals surface area contributed by atoms with Gasteiger partial charge in [0.2, 0.25) is 0 Å². The highest BCUT2D eigenvalue weighted by Gasteiger charge is 2.36. The lowest BCUT2D eigenvalue weighted by Gasteiger charge is -2.37. The summed E-state index contributed by atoms with van der Waals surface area (Å²) in [6, 6.07) is 2.79. The molecule has 0 aliphatic carbocycles. The number of imidazole rings is 1. The van der Waals surface area contributed by atoms with Crippen LogP contribution in [0.5, 0.6) is 0 Å². The Morgan fingerprint density at radius 2 is 1.84 bits per heavy atom. The lowest BCUT2D eigenvalue weighted by molar-refractivity contribution is -0.0893. The molecule has 1 N–H and O–H groups in total. The van der Waals surface area contributed by atoms with Crippen molar-refractivity contribution in [2.75, 3.05) is 13.6 Å². The number of rotatable bonds is 8. The molecule has 9 heteroatoms. The molecule has 177 valence electrons.